The molecule has 0 saturated carbocycles. The van der Waals surface area contributed by atoms with Crippen LogP contribution < -0.4 is 5.32 Å². The van der Waals surface area contributed by atoms with E-state index in [1.54, 1.807) is 6.08 Å². The normalized spacial score (nSPS) is 12.2. The topological polar surface area (TPSA) is 75.6 Å². The van der Waals surface area contributed by atoms with Crippen molar-refractivity contribution in [2.75, 3.05) is 13.2 Å². The quantitative estimate of drug-likeness (QED) is 0.460. The molecule has 0 unspecified atom stereocenters. The van der Waals surface area contributed by atoms with E-state index in [0.29, 0.717) is 18.9 Å². The Morgan fingerprint density at radius 2 is 2.11 bits per heavy atom. The lowest BCUT2D eigenvalue weighted by Gasteiger charge is -2.15. The molecule has 0 fully saturated rings. The van der Waals surface area contributed by atoms with Gasteiger partial charge in [-0.2, -0.15) is 0 Å². The minimum absolute atomic E-state index is 0.00187. The van der Waals surface area contributed by atoms with Crippen LogP contribution in [0.4, 0.5) is 0 Å². The molecule has 0 aliphatic heterocycles. The van der Waals surface area contributed by atoms with Gasteiger partial charge in [0.05, 0.1) is 6.61 Å². The van der Waals surface area contributed by atoms with Crippen LogP contribution in [-0.2, 0) is 14.3 Å². The number of amides is 1. The van der Waals surface area contributed by atoms with Crippen LogP contribution in [0, 0.1) is 5.92 Å². The maximum Gasteiger partial charge on any atom is 0.328 e. The third-order valence-corrected chi connectivity index (χ3v) is 2.33. The summed E-state index contributed by atoms with van der Waals surface area (Å²) in [5, 5.41) is 11.4. The fraction of sp³-hybridized carbons (Fsp3) is 0.692. The van der Waals surface area contributed by atoms with Gasteiger partial charge in [-0.15, -0.1) is 6.58 Å². The highest BCUT2D eigenvalue weighted by Crippen LogP contribution is 2.00. The van der Waals surface area contributed by atoms with Gasteiger partial charge in [-0.25, -0.2) is 4.79 Å². The summed E-state index contributed by atoms with van der Waals surface area (Å²) in [7, 11) is 0. The first kappa shape index (κ1) is 16.6. The lowest BCUT2D eigenvalue weighted by molar-refractivity contribution is -0.143. The first-order valence-corrected chi connectivity index (χ1v) is 6.18. The second kappa shape index (κ2) is 9.65. The molecule has 0 radical (unpaired) electrons. The van der Waals surface area contributed by atoms with Crippen molar-refractivity contribution in [1.82, 2.24) is 5.32 Å². The maximum atomic E-state index is 11.4. The zero-order chi connectivity index (χ0) is 14.0. The molecule has 0 aromatic carbocycles. The molecule has 2 N–H and O–H groups in total. The molecule has 0 bridgehead atoms. The molecule has 0 aliphatic carbocycles. The van der Waals surface area contributed by atoms with E-state index in [4.69, 9.17) is 9.84 Å². The van der Waals surface area contributed by atoms with Gasteiger partial charge in [0.15, 0.2) is 6.04 Å². The zero-order valence-electron chi connectivity index (χ0n) is 11.1. The predicted molar refractivity (Wildman–Crippen MR) is 69.3 cm³/mol. The summed E-state index contributed by atoms with van der Waals surface area (Å²) in [6.07, 6.45) is 3.27. The van der Waals surface area contributed by atoms with E-state index >= 15 is 0 Å². The van der Waals surface area contributed by atoms with Crippen molar-refractivity contribution in [3.63, 3.8) is 0 Å². The van der Waals surface area contributed by atoms with Crippen LogP contribution in [0.3, 0.4) is 0 Å². The van der Waals surface area contributed by atoms with Crippen molar-refractivity contribution in [1.29, 1.82) is 0 Å². The molecule has 1 amide bonds. The van der Waals surface area contributed by atoms with Crippen molar-refractivity contribution in [2.24, 2.45) is 5.92 Å². The molecular weight excluding hydrogens is 234 g/mol. The molecular formula is C13H23NO4. The number of aliphatic carboxylic acids is 1. The second-order valence-corrected chi connectivity index (χ2v) is 4.54. The minimum Gasteiger partial charge on any atom is -0.480 e. The van der Waals surface area contributed by atoms with Crippen LogP contribution in [0.2, 0.25) is 0 Å². The first-order valence-electron chi connectivity index (χ1n) is 6.18. The number of rotatable bonds is 10. The third-order valence-electron chi connectivity index (χ3n) is 2.33. The first-order chi connectivity index (χ1) is 8.47. The van der Waals surface area contributed by atoms with Crippen LogP contribution in [-0.4, -0.2) is 36.2 Å². The molecule has 104 valence electrons. The second-order valence-electron chi connectivity index (χ2n) is 4.54. The van der Waals surface area contributed by atoms with E-state index in [2.05, 4.69) is 25.7 Å². The molecule has 0 spiro atoms. The summed E-state index contributed by atoms with van der Waals surface area (Å²) in [6.45, 7) is 8.14. The van der Waals surface area contributed by atoms with Gasteiger partial charge in [0.1, 0.15) is 0 Å². The van der Waals surface area contributed by atoms with Gasteiger partial charge in [-0.05, 0) is 18.8 Å². The molecule has 0 aromatic rings. The van der Waals surface area contributed by atoms with E-state index < -0.39 is 12.0 Å². The number of carbonyl (C=O) groups is 2. The Labute approximate surface area is 108 Å². The van der Waals surface area contributed by atoms with Crippen molar-refractivity contribution >= 4 is 11.9 Å². The predicted octanol–water partition coefficient (Wildman–Crippen LogP) is 1.58. The van der Waals surface area contributed by atoms with Crippen LogP contribution in [0.1, 0.15) is 33.1 Å². The fourth-order valence-corrected chi connectivity index (χ4v) is 1.19. The molecule has 0 aromatic heterocycles. The summed E-state index contributed by atoms with van der Waals surface area (Å²) >= 11 is 0. The number of allylic oxidation sites excluding steroid dienone is 1. The number of ether oxygens (including phenoxy) is 1. The van der Waals surface area contributed by atoms with Gasteiger partial charge in [-0.3, -0.25) is 4.79 Å². The highest BCUT2D eigenvalue weighted by Gasteiger charge is 2.19. The Kier molecular flexibility index (Phi) is 8.92. The largest absolute Gasteiger partial charge is 0.480 e. The molecule has 0 heterocycles. The summed E-state index contributed by atoms with van der Waals surface area (Å²) in [6, 6.07) is -0.977. The molecule has 5 nitrogen and oxygen atoms in total. The number of hydrogen-bond donors (Lipinski definition) is 2. The lowest BCUT2D eigenvalue weighted by Crippen LogP contribution is -2.44. The zero-order valence-corrected chi connectivity index (χ0v) is 11.1. The fourth-order valence-electron chi connectivity index (χ4n) is 1.19. The van der Waals surface area contributed by atoms with Gasteiger partial charge in [-0.1, -0.05) is 19.9 Å². The van der Waals surface area contributed by atoms with Crippen LogP contribution >= 0.6 is 0 Å². The Balaban J connectivity index is 3.95. The number of carboxylic acid groups (broad SMARTS) is 1. The minimum atomic E-state index is -1.08. The summed E-state index contributed by atoms with van der Waals surface area (Å²) in [5.41, 5.74) is 0. The average molecular weight is 257 g/mol. The number of carbonyl (C=O) groups excluding carboxylic acids is 1. The Bertz CT molecular complexity index is 276. The average Bonchev–Trinajstić information content (AvgIpc) is 2.29. The van der Waals surface area contributed by atoms with E-state index in [1.165, 1.54) is 0 Å². The van der Waals surface area contributed by atoms with Gasteiger partial charge in [0.25, 0.3) is 0 Å². The van der Waals surface area contributed by atoms with Crippen LogP contribution in [0.5, 0.6) is 0 Å². The molecule has 1 atom stereocenters. The van der Waals surface area contributed by atoms with Crippen molar-refractivity contribution in [2.45, 2.75) is 39.2 Å². The Hall–Kier alpha value is -1.36. The summed E-state index contributed by atoms with van der Waals surface area (Å²) in [5.74, 6) is -0.864. The van der Waals surface area contributed by atoms with Gasteiger partial charge < -0.3 is 15.2 Å². The number of nitrogens with one attached hydrogen (secondary N) is 1. The van der Waals surface area contributed by atoms with E-state index in [9.17, 15) is 9.59 Å². The van der Waals surface area contributed by atoms with E-state index in [0.717, 1.165) is 6.42 Å². The lowest BCUT2D eigenvalue weighted by atomic mass is 10.1. The number of carboxylic acids is 1. The molecule has 5 heteroatoms. The van der Waals surface area contributed by atoms with Gasteiger partial charge >= 0.3 is 5.97 Å². The molecule has 0 aliphatic rings. The maximum absolute atomic E-state index is 11.4. The highest BCUT2D eigenvalue weighted by atomic mass is 16.5. The Morgan fingerprint density at radius 3 is 2.61 bits per heavy atom. The summed E-state index contributed by atoms with van der Waals surface area (Å²) in [4.78, 5) is 22.3. The number of hydrogen-bond acceptors (Lipinski definition) is 3. The van der Waals surface area contributed by atoms with Crippen molar-refractivity contribution in [3.8, 4) is 0 Å². The standard InChI is InChI=1S/C13H23NO4/c1-4-5-6-12(15)14-11(13(16)17)9-18-8-7-10(2)3/h4,10-11H,1,5-9H2,2-3H3,(H,14,15)(H,16,17)/t11-/m0/s1. The third kappa shape index (κ3) is 8.75. The van der Waals surface area contributed by atoms with Gasteiger partial charge in [0, 0.05) is 13.0 Å². The van der Waals surface area contributed by atoms with Crippen LogP contribution in [0.15, 0.2) is 12.7 Å². The van der Waals surface area contributed by atoms with E-state index in [-0.39, 0.29) is 18.9 Å². The monoisotopic (exact) mass is 257 g/mol. The van der Waals surface area contributed by atoms with Gasteiger partial charge in [0.2, 0.25) is 5.91 Å². The van der Waals surface area contributed by atoms with Crippen molar-refractivity contribution in [3.05, 3.63) is 12.7 Å². The smallest absolute Gasteiger partial charge is 0.328 e. The SMILES string of the molecule is C=CCCC(=O)N[C@@H](COCCC(C)C)C(=O)O. The molecule has 0 saturated heterocycles. The van der Waals surface area contributed by atoms with Crippen LogP contribution in [0.25, 0.3) is 0 Å². The highest BCUT2D eigenvalue weighted by molar-refractivity contribution is 5.83. The van der Waals surface area contributed by atoms with E-state index in [1.807, 2.05) is 0 Å². The summed E-state index contributed by atoms with van der Waals surface area (Å²) < 4.78 is 5.26. The molecule has 0 rings (SSSR count). The molecule has 18 heavy (non-hydrogen) atoms. The van der Waals surface area contributed by atoms with Crippen molar-refractivity contribution < 1.29 is 19.4 Å². The Morgan fingerprint density at radius 1 is 1.44 bits per heavy atom.